The Morgan fingerprint density at radius 2 is 1.44 bits per heavy atom. The number of hydrogen-bond acceptors (Lipinski definition) is 6. The molecule has 162 valence electrons. The van der Waals surface area contributed by atoms with Crippen molar-refractivity contribution in [3.05, 3.63) is 71.8 Å². The number of allylic oxidation sites excluding steroid dienone is 2. The maximum absolute atomic E-state index is 12.9. The number of ether oxygens (including phenoxy) is 2. The van der Waals surface area contributed by atoms with E-state index in [-0.39, 0.29) is 46.8 Å². The fourth-order valence-electron chi connectivity index (χ4n) is 4.98. The zero-order chi connectivity index (χ0) is 22.4. The van der Waals surface area contributed by atoms with Crippen LogP contribution in [0.5, 0.6) is 5.75 Å². The van der Waals surface area contributed by atoms with Gasteiger partial charge in [-0.15, -0.1) is 0 Å². The number of ketones is 1. The van der Waals surface area contributed by atoms with Gasteiger partial charge < -0.3 is 9.47 Å². The Labute approximate surface area is 184 Å². The second kappa shape index (κ2) is 7.75. The lowest BCUT2D eigenvalue weighted by Crippen LogP contribution is -2.32. The van der Waals surface area contributed by atoms with E-state index in [1.54, 1.807) is 36.4 Å². The number of amides is 2. The highest BCUT2D eigenvalue weighted by molar-refractivity contribution is 6.22. The van der Waals surface area contributed by atoms with Crippen molar-refractivity contribution in [2.45, 2.75) is 6.42 Å². The highest BCUT2D eigenvalue weighted by atomic mass is 16.5. The number of methoxy groups -OCH3 is 1. The van der Waals surface area contributed by atoms with Gasteiger partial charge in [-0.1, -0.05) is 12.2 Å². The summed E-state index contributed by atoms with van der Waals surface area (Å²) in [6, 6.07) is 12.6. The minimum Gasteiger partial charge on any atom is -0.497 e. The van der Waals surface area contributed by atoms with Gasteiger partial charge in [-0.3, -0.25) is 19.3 Å². The minimum atomic E-state index is -0.656. The van der Waals surface area contributed by atoms with Crippen LogP contribution in [0.1, 0.15) is 27.1 Å². The second-order valence-corrected chi connectivity index (χ2v) is 8.29. The highest BCUT2D eigenvalue weighted by Gasteiger charge is 2.59. The first-order chi connectivity index (χ1) is 15.5. The number of imide groups is 1. The Morgan fingerprint density at radius 3 is 2.00 bits per heavy atom. The monoisotopic (exact) mass is 431 g/mol. The first kappa shape index (κ1) is 20.2. The van der Waals surface area contributed by atoms with Crippen LogP contribution in [-0.4, -0.2) is 37.3 Å². The number of Topliss-reactive ketones (excluding diaryl/α,β-unsaturated/α-hetero) is 1. The average molecular weight is 431 g/mol. The molecule has 3 aliphatic rings. The maximum atomic E-state index is 12.9. The van der Waals surface area contributed by atoms with E-state index in [0.29, 0.717) is 17.0 Å². The van der Waals surface area contributed by atoms with Crippen LogP contribution in [0.15, 0.2) is 60.7 Å². The third kappa shape index (κ3) is 3.21. The van der Waals surface area contributed by atoms with Gasteiger partial charge in [0.15, 0.2) is 12.4 Å². The van der Waals surface area contributed by atoms with Gasteiger partial charge >= 0.3 is 5.97 Å². The molecule has 2 aromatic carbocycles. The quantitative estimate of drug-likeness (QED) is 0.302. The zero-order valence-corrected chi connectivity index (χ0v) is 17.4. The van der Waals surface area contributed by atoms with E-state index in [9.17, 15) is 19.2 Å². The minimum absolute atomic E-state index is 0.143. The van der Waals surface area contributed by atoms with E-state index < -0.39 is 12.6 Å². The van der Waals surface area contributed by atoms with Gasteiger partial charge in [-0.2, -0.15) is 0 Å². The van der Waals surface area contributed by atoms with Crippen LogP contribution in [0.4, 0.5) is 5.69 Å². The third-order valence-electron chi connectivity index (χ3n) is 6.58. The van der Waals surface area contributed by atoms with Crippen molar-refractivity contribution in [2.24, 2.45) is 23.7 Å². The standard InChI is InChI=1S/C25H21NO6/c1-31-19-10-6-14(7-11-19)20(27)13-32-25(30)15-4-8-18(9-5-15)26-23(28)21-16-2-3-17(12-16)22(21)24(26)29/h2-11,16-17,21-22H,12-13H2,1H3/t16-,17-,21+,22+/m0/s1. The van der Waals surface area contributed by atoms with E-state index in [1.165, 1.54) is 24.1 Å². The molecular formula is C25H21NO6. The summed E-state index contributed by atoms with van der Waals surface area (Å²) >= 11 is 0. The molecule has 7 nitrogen and oxygen atoms in total. The number of anilines is 1. The molecule has 0 spiro atoms. The fraction of sp³-hybridized carbons (Fsp3) is 0.280. The molecule has 1 saturated carbocycles. The van der Waals surface area contributed by atoms with Crippen LogP contribution in [0.3, 0.4) is 0 Å². The molecule has 32 heavy (non-hydrogen) atoms. The Morgan fingerprint density at radius 1 is 0.875 bits per heavy atom. The molecule has 2 aliphatic carbocycles. The van der Waals surface area contributed by atoms with Crippen molar-refractivity contribution in [1.29, 1.82) is 0 Å². The molecule has 1 aliphatic heterocycles. The smallest absolute Gasteiger partial charge is 0.338 e. The van der Waals surface area contributed by atoms with Gasteiger partial charge in [-0.25, -0.2) is 4.79 Å². The molecule has 0 radical (unpaired) electrons. The number of fused-ring (bicyclic) bond motifs is 5. The van der Waals surface area contributed by atoms with Crippen LogP contribution in [0.2, 0.25) is 0 Å². The SMILES string of the molecule is COc1ccc(C(=O)COC(=O)c2ccc(N3C(=O)[C@H]4[C@H](C3=O)[C@H]3C=C[C@H]4C3)cc2)cc1. The topological polar surface area (TPSA) is 90.0 Å². The Hall–Kier alpha value is -3.74. The van der Waals surface area contributed by atoms with Crippen LogP contribution < -0.4 is 9.64 Å². The van der Waals surface area contributed by atoms with Crippen molar-refractivity contribution < 1.29 is 28.7 Å². The lowest BCUT2D eigenvalue weighted by atomic mass is 9.85. The summed E-state index contributed by atoms with van der Waals surface area (Å²) in [5.41, 5.74) is 1.09. The predicted molar refractivity (Wildman–Crippen MR) is 114 cm³/mol. The largest absolute Gasteiger partial charge is 0.497 e. The summed E-state index contributed by atoms with van der Waals surface area (Å²) in [6.45, 7) is -0.394. The van der Waals surface area contributed by atoms with Crippen LogP contribution in [0, 0.1) is 23.7 Å². The van der Waals surface area contributed by atoms with Gasteiger partial charge in [-0.05, 0) is 66.8 Å². The molecular weight excluding hydrogens is 410 g/mol. The number of rotatable bonds is 6. The summed E-state index contributed by atoms with van der Waals surface area (Å²) in [6.07, 6.45) is 4.97. The van der Waals surface area contributed by atoms with Crippen molar-refractivity contribution in [3.63, 3.8) is 0 Å². The van der Waals surface area contributed by atoms with Gasteiger partial charge in [0, 0.05) is 5.56 Å². The van der Waals surface area contributed by atoms with Gasteiger partial charge in [0.1, 0.15) is 5.75 Å². The molecule has 1 saturated heterocycles. The van der Waals surface area contributed by atoms with Crippen LogP contribution >= 0.6 is 0 Å². The van der Waals surface area contributed by atoms with E-state index in [0.717, 1.165) is 6.42 Å². The zero-order valence-electron chi connectivity index (χ0n) is 17.4. The number of hydrogen-bond donors (Lipinski definition) is 0. The molecule has 7 heteroatoms. The Balaban J connectivity index is 1.23. The normalized spacial score (nSPS) is 25.2. The molecule has 2 fully saturated rings. The first-order valence-corrected chi connectivity index (χ1v) is 10.5. The summed E-state index contributed by atoms with van der Waals surface area (Å²) in [5, 5.41) is 0. The molecule has 2 amide bonds. The third-order valence-corrected chi connectivity index (χ3v) is 6.58. The maximum Gasteiger partial charge on any atom is 0.338 e. The van der Waals surface area contributed by atoms with Gasteiger partial charge in [0.25, 0.3) is 0 Å². The van der Waals surface area contributed by atoms with E-state index in [1.807, 2.05) is 12.2 Å². The number of benzene rings is 2. The number of carbonyl (C=O) groups is 4. The molecule has 1 heterocycles. The van der Waals surface area contributed by atoms with Gasteiger partial charge in [0.05, 0.1) is 30.2 Å². The average Bonchev–Trinajstić information content (AvgIpc) is 3.51. The fourth-order valence-corrected chi connectivity index (χ4v) is 4.98. The number of nitrogens with zero attached hydrogens (tertiary/aromatic N) is 1. The Kier molecular flexibility index (Phi) is 4.89. The summed E-state index contributed by atoms with van der Waals surface area (Å²) < 4.78 is 10.2. The Bertz CT molecular complexity index is 1100. The number of esters is 1. The molecule has 2 aromatic rings. The van der Waals surface area contributed by atoms with Gasteiger partial charge in [0.2, 0.25) is 11.8 Å². The molecule has 2 bridgehead atoms. The predicted octanol–water partition coefficient (Wildman–Crippen LogP) is 3.05. The molecule has 0 unspecified atom stereocenters. The second-order valence-electron chi connectivity index (χ2n) is 8.29. The van der Waals surface area contributed by atoms with Crippen molar-refractivity contribution in [3.8, 4) is 5.75 Å². The molecule has 4 atom stereocenters. The summed E-state index contributed by atoms with van der Waals surface area (Å²) in [4.78, 5) is 51.6. The van der Waals surface area contributed by atoms with Crippen LogP contribution in [-0.2, 0) is 14.3 Å². The van der Waals surface area contributed by atoms with Crippen molar-refractivity contribution in [1.82, 2.24) is 0 Å². The highest BCUT2D eigenvalue weighted by Crippen LogP contribution is 2.53. The molecule has 0 N–H and O–H groups in total. The van der Waals surface area contributed by atoms with E-state index >= 15 is 0 Å². The lowest BCUT2D eigenvalue weighted by Gasteiger charge is -2.17. The summed E-state index contributed by atoms with van der Waals surface area (Å²) in [5.74, 6) is -0.960. The summed E-state index contributed by atoms with van der Waals surface area (Å²) in [7, 11) is 1.53. The lowest BCUT2D eigenvalue weighted by molar-refractivity contribution is -0.123. The van der Waals surface area contributed by atoms with Crippen LogP contribution in [0.25, 0.3) is 0 Å². The van der Waals surface area contributed by atoms with Crippen molar-refractivity contribution >= 4 is 29.3 Å². The first-order valence-electron chi connectivity index (χ1n) is 10.5. The molecule has 0 aromatic heterocycles. The molecule has 5 rings (SSSR count). The van der Waals surface area contributed by atoms with E-state index in [4.69, 9.17) is 9.47 Å². The van der Waals surface area contributed by atoms with Crippen molar-refractivity contribution in [2.75, 3.05) is 18.6 Å². The van der Waals surface area contributed by atoms with E-state index in [2.05, 4.69) is 0 Å². The number of carbonyl (C=O) groups excluding carboxylic acids is 4.